The minimum Gasteiger partial charge on any atom is -0.478 e. The lowest BCUT2D eigenvalue weighted by Crippen LogP contribution is -2.51. The number of hydrogen-bond acceptors (Lipinski definition) is 7. The van der Waals surface area contributed by atoms with Gasteiger partial charge in [-0.3, -0.25) is 19.6 Å². The minimum absolute atomic E-state index is 0.0106. The summed E-state index contributed by atoms with van der Waals surface area (Å²) in [6.45, 7) is 30.9. The molecule has 2 heterocycles. The Morgan fingerprint density at radius 1 is 0.615 bits per heavy atom. The molecular weight excluding hydrogens is 813 g/mol. The van der Waals surface area contributed by atoms with Gasteiger partial charge in [0.1, 0.15) is 11.3 Å². The summed E-state index contributed by atoms with van der Waals surface area (Å²) in [5.41, 5.74) is 2.76. The molecule has 2 aromatic carbocycles. The standard InChI is InChI=1S/C29H44N2O3.C26H38N2O3/c1-20(2)34-26(33)22-11-9-21(10-12-22)24(15-16-27(3,4)5)31-25(32)19-30-29(31)17-13-23(14-18-29)28(6,7)8;1-24(2,3)14-13-21(18-7-9-19(10-8-18)23(30)31)28-22(29)17-27-26(28)15-11-20(12-16-26)25(4,5)6/h9-12,19-20,23-24H,13-18H2,1-8H3;7-10,17,20-21H,11-16H2,1-6H3,(H,30,31)/t23?,24-,29?;20?,21-,26?/m11/s1. The number of hydrogen-bond donors (Lipinski definition) is 1. The molecular formula is C55H82N4O6. The molecule has 0 saturated heterocycles. The number of amides is 2. The molecule has 65 heavy (non-hydrogen) atoms. The molecule has 358 valence electrons. The first-order chi connectivity index (χ1) is 30.0. The molecule has 2 atom stereocenters. The molecule has 0 aromatic heterocycles. The van der Waals surface area contributed by atoms with Crippen LogP contribution in [0.5, 0.6) is 0 Å². The van der Waals surface area contributed by atoms with E-state index in [0.717, 1.165) is 88.2 Å². The van der Waals surface area contributed by atoms with E-state index in [2.05, 4.69) is 88.0 Å². The summed E-state index contributed by atoms with van der Waals surface area (Å²) < 4.78 is 5.35. The van der Waals surface area contributed by atoms with Gasteiger partial charge in [0.15, 0.2) is 0 Å². The van der Waals surface area contributed by atoms with E-state index in [1.54, 1.807) is 18.3 Å². The van der Waals surface area contributed by atoms with Gasteiger partial charge in [0.05, 0.1) is 41.7 Å². The fourth-order valence-corrected chi connectivity index (χ4v) is 10.5. The fraction of sp³-hybridized carbons (Fsp3) is 0.673. The smallest absolute Gasteiger partial charge is 0.338 e. The van der Waals surface area contributed by atoms with Crippen LogP contribution in [0, 0.1) is 33.5 Å². The lowest BCUT2D eigenvalue weighted by Gasteiger charge is -2.48. The van der Waals surface area contributed by atoms with Crippen molar-refractivity contribution in [3.63, 3.8) is 0 Å². The van der Waals surface area contributed by atoms with Crippen LogP contribution in [-0.4, -0.2) is 68.5 Å². The van der Waals surface area contributed by atoms with E-state index < -0.39 is 17.3 Å². The lowest BCUT2D eigenvalue weighted by molar-refractivity contribution is -0.134. The number of aromatic carboxylic acids is 1. The Labute approximate surface area is 391 Å². The van der Waals surface area contributed by atoms with Gasteiger partial charge in [-0.25, -0.2) is 9.59 Å². The van der Waals surface area contributed by atoms with Crippen molar-refractivity contribution in [2.24, 2.45) is 43.5 Å². The number of esters is 1. The van der Waals surface area contributed by atoms with Crippen molar-refractivity contribution in [2.75, 3.05) is 0 Å². The molecule has 2 aromatic rings. The third kappa shape index (κ3) is 13.0. The Hall–Kier alpha value is -4.34. The number of aliphatic imine (C=N–C) groups is 2. The van der Waals surface area contributed by atoms with Crippen LogP contribution in [0.2, 0.25) is 0 Å². The monoisotopic (exact) mass is 895 g/mol. The van der Waals surface area contributed by atoms with E-state index >= 15 is 0 Å². The molecule has 2 fully saturated rings. The van der Waals surface area contributed by atoms with Gasteiger partial charge in [0, 0.05) is 0 Å². The quantitative estimate of drug-likeness (QED) is 0.224. The highest BCUT2D eigenvalue weighted by Crippen LogP contribution is 2.51. The highest BCUT2D eigenvalue weighted by atomic mass is 16.5. The number of carboxylic acid groups (broad SMARTS) is 1. The molecule has 0 bridgehead atoms. The molecule has 4 aliphatic rings. The largest absolute Gasteiger partial charge is 0.478 e. The molecule has 0 unspecified atom stereocenters. The molecule has 0 radical (unpaired) electrons. The second kappa shape index (κ2) is 19.9. The number of ether oxygens (including phenoxy) is 1. The summed E-state index contributed by atoms with van der Waals surface area (Å²) in [7, 11) is 0. The average molecular weight is 895 g/mol. The third-order valence-electron chi connectivity index (χ3n) is 14.6. The van der Waals surface area contributed by atoms with E-state index in [9.17, 15) is 24.3 Å². The normalized spacial score (nSPS) is 24.7. The zero-order valence-corrected chi connectivity index (χ0v) is 42.4. The van der Waals surface area contributed by atoms with Gasteiger partial charge in [-0.1, -0.05) is 107 Å². The Balaban J connectivity index is 0.000000245. The van der Waals surface area contributed by atoms with Gasteiger partial charge >= 0.3 is 11.9 Å². The Bertz CT molecular complexity index is 2020. The average Bonchev–Trinajstić information content (AvgIpc) is 3.68. The van der Waals surface area contributed by atoms with Crippen LogP contribution in [0.15, 0.2) is 58.5 Å². The van der Waals surface area contributed by atoms with Gasteiger partial charge < -0.3 is 19.6 Å². The lowest BCUT2D eigenvalue weighted by atomic mass is 9.69. The van der Waals surface area contributed by atoms with Crippen molar-refractivity contribution in [1.82, 2.24) is 9.80 Å². The van der Waals surface area contributed by atoms with Crippen LogP contribution in [0.1, 0.15) is 218 Å². The molecule has 10 nitrogen and oxygen atoms in total. The predicted octanol–water partition coefficient (Wildman–Crippen LogP) is 13.1. The van der Waals surface area contributed by atoms with Crippen molar-refractivity contribution >= 4 is 36.2 Å². The number of nitrogens with zero attached hydrogens (tertiary/aromatic N) is 4. The van der Waals surface area contributed by atoms with E-state index in [1.165, 1.54) is 6.21 Å². The highest BCUT2D eigenvalue weighted by molar-refractivity contribution is 6.28. The Morgan fingerprint density at radius 2 is 0.954 bits per heavy atom. The molecule has 2 spiro atoms. The fourth-order valence-electron chi connectivity index (χ4n) is 10.5. The van der Waals surface area contributed by atoms with Crippen molar-refractivity contribution < 1.29 is 29.0 Å². The number of carbonyl (C=O) groups is 4. The highest BCUT2D eigenvalue weighted by Gasteiger charge is 2.51. The summed E-state index contributed by atoms with van der Waals surface area (Å²) in [6, 6.07) is 14.5. The minimum atomic E-state index is -0.935. The summed E-state index contributed by atoms with van der Waals surface area (Å²) >= 11 is 0. The summed E-state index contributed by atoms with van der Waals surface area (Å²) in [6.07, 6.45) is 14.4. The van der Waals surface area contributed by atoms with Crippen LogP contribution in [0.3, 0.4) is 0 Å². The molecule has 6 rings (SSSR count). The topological polar surface area (TPSA) is 129 Å². The van der Waals surface area contributed by atoms with Crippen LogP contribution in [0.25, 0.3) is 0 Å². The van der Waals surface area contributed by atoms with Crippen molar-refractivity contribution in [3.8, 4) is 0 Å². The maximum absolute atomic E-state index is 13.3. The maximum Gasteiger partial charge on any atom is 0.338 e. The van der Waals surface area contributed by atoms with Crippen molar-refractivity contribution in [2.45, 2.75) is 203 Å². The SMILES string of the molecule is CC(C)(C)CC[C@H](c1ccc(C(=O)O)cc1)N1C(=O)C=NC12CCC(C(C)(C)C)CC2.CC(C)OC(=O)c1ccc([C@@H](CCC(C)(C)C)N2C(=O)C=NC23CCC(C(C)(C)C)CC3)cc1. The summed E-state index contributed by atoms with van der Waals surface area (Å²) in [5.74, 6) is 0.0199. The molecule has 2 saturated carbocycles. The second-order valence-electron chi connectivity index (χ2n) is 24.4. The number of carbonyl (C=O) groups excluding carboxylic acids is 3. The predicted molar refractivity (Wildman–Crippen MR) is 262 cm³/mol. The van der Waals surface area contributed by atoms with Gasteiger partial charge in [-0.05, 0) is 160 Å². The first-order valence-electron chi connectivity index (χ1n) is 24.5. The van der Waals surface area contributed by atoms with Crippen LogP contribution >= 0.6 is 0 Å². The van der Waals surface area contributed by atoms with E-state index in [0.29, 0.717) is 17.4 Å². The number of carboxylic acids is 1. The molecule has 2 amide bonds. The molecule has 1 N–H and O–H groups in total. The van der Waals surface area contributed by atoms with Crippen molar-refractivity contribution in [1.29, 1.82) is 0 Å². The summed E-state index contributed by atoms with van der Waals surface area (Å²) in [4.78, 5) is 63.8. The molecule has 2 aliphatic heterocycles. The van der Waals surface area contributed by atoms with E-state index in [-0.39, 0.29) is 63.2 Å². The molecule has 2 aliphatic carbocycles. The summed E-state index contributed by atoms with van der Waals surface area (Å²) in [5, 5.41) is 9.28. The molecule has 10 heteroatoms. The van der Waals surface area contributed by atoms with E-state index in [4.69, 9.17) is 14.7 Å². The van der Waals surface area contributed by atoms with E-state index in [1.807, 2.05) is 55.1 Å². The van der Waals surface area contributed by atoms with Crippen LogP contribution in [0.4, 0.5) is 0 Å². The van der Waals surface area contributed by atoms with Gasteiger partial charge in [-0.15, -0.1) is 0 Å². The van der Waals surface area contributed by atoms with Gasteiger partial charge in [0.25, 0.3) is 11.8 Å². The first-order valence-corrected chi connectivity index (χ1v) is 24.5. The Morgan fingerprint density at radius 3 is 1.25 bits per heavy atom. The zero-order chi connectivity index (χ0) is 48.3. The van der Waals surface area contributed by atoms with Gasteiger partial charge in [0.2, 0.25) is 0 Å². The second-order valence-corrected chi connectivity index (χ2v) is 24.4. The zero-order valence-electron chi connectivity index (χ0n) is 42.4. The van der Waals surface area contributed by atoms with Crippen LogP contribution in [-0.2, 0) is 14.3 Å². The first kappa shape index (κ1) is 51.6. The van der Waals surface area contributed by atoms with Gasteiger partial charge in [-0.2, -0.15) is 0 Å². The van der Waals surface area contributed by atoms with Crippen molar-refractivity contribution in [3.05, 3.63) is 70.8 Å². The Kier molecular flexibility index (Phi) is 15.8. The number of benzene rings is 2. The third-order valence-corrected chi connectivity index (χ3v) is 14.6. The maximum atomic E-state index is 13.3. The van der Waals surface area contributed by atoms with Crippen LogP contribution < -0.4 is 0 Å². The number of rotatable bonds is 11.